The number of urea groups is 1. The van der Waals surface area contributed by atoms with E-state index in [0.717, 1.165) is 5.56 Å². The van der Waals surface area contributed by atoms with Gasteiger partial charge in [0.25, 0.3) is 0 Å². The summed E-state index contributed by atoms with van der Waals surface area (Å²) in [6.07, 6.45) is 0.369. The van der Waals surface area contributed by atoms with E-state index >= 15 is 0 Å². The summed E-state index contributed by atoms with van der Waals surface area (Å²) in [7, 11) is 2.83. The van der Waals surface area contributed by atoms with Gasteiger partial charge in [0, 0.05) is 5.70 Å². The predicted octanol–water partition coefficient (Wildman–Crippen LogP) is 4.56. The van der Waals surface area contributed by atoms with Crippen LogP contribution in [0.25, 0.3) is 0 Å². The van der Waals surface area contributed by atoms with E-state index in [0.29, 0.717) is 57.5 Å². The van der Waals surface area contributed by atoms with Crippen molar-refractivity contribution >= 4 is 34.1 Å². The van der Waals surface area contributed by atoms with E-state index in [2.05, 4.69) is 37.1 Å². The maximum Gasteiger partial charge on any atom is 0.337 e. The van der Waals surface area contributed by atoms with Crippen molar-refractivity contribution in [3.8, 4) is 23.0 Å². The number of benzene rings is 3. The third-order valence-electron chi connectivity index (χ3n) is 6.59. The first-order valence-electron chi connectivity index (χ1n) is 14.0. The Kier molecular flexibility index (Phi) is 11.7. The maximum atomic E-state index is 12.5. The van der Waals surface area contributed by atoms with Crippen LogP contribution in [0.3, 0.4) is 0 Å². The fourth-order valence-electron chi connectivity index (χ4n) is 4.50. The van der Waals surface area contributed by atoms with Crippen LogP contribution in [0.4, 0.5) is 4.79 Å². The molecule has 0 spiro atoms. The summed E-state index contributed by atoms with van der Waals surface area (Å²) >= 11 is 3.54. The van der Waals surface area contributed by atoms with Gasteiger partial charge in [-0.3, -0.25) is 5.43 Å². The van der Waals surface area contributed by atoms with Crippen LogP contribution in [0.2, 0.25) is 0 Å². The summed E-state index contributed by atoms with van der Waals surface area (Å²) in [4.78, 5) is 24.6. The number of carbonyl (C=O) groups is 2. The van der Waals surface area contributed by atoms with E-state index in [1.165, 1.54) is 13.3 Å². The molecule has 0 bridgehead atoms. The Labute approximate surface area is 269 Å². The van der Waals surface area contributed by atoms with Crippen LogP contribution in [0, 0.1) is 0 Å². The highest BCUT2D eigenvalue weighted by Crippen LogP contribution is 2.37. The van der Waals surface area contributed by atoms with Crippen LogP contribution in [-0.2, 0) is 16.1 Å². The first kappa shape index (κ1) is 33.1. The number of ether oxygens (including phenoxy) is 5. The SMILES string of the molecule is CCOc1cc([C@@H]2NC(=O)NC(C)=C2C(=O)OC)ccc1OC[C@H](O)N/N=C\c1cc(Br)c(OCc2ccccc2)c(OC)c1. The molecule has 1 aliphatic rings. The molecule has 0 saturated heterocycles. The van der Waals surface area contributed by atoms with Gasteiger partial charge < -0.3 is 39.4 Å². The molecule has 1 aliphatic heterocycles. The van der Waals surface area contributed by atoms with Gasteiger partial charge in [-0.15, -0.1) is 0 Å². The Hall–Kier alpha value is -4.75. The number of hydrogen-bond donors (Lipinski definition) is 4. The van der Waals surface area contributed by atoms with Gasteiger partial charge in [0.1, 0.15) is 13.2 Å². The van der Waals surface area contributed by atoms with Crippen LogP contribution in [0.5, 0.6) is 23.0 Å². The Bertz CT molecular complexity index is 1560. The fourth-order valence-corrected chi connectivity index (χ4v) is 5.08. The Morgan fingerprint density at radius 2 is 1.84 bits per heavy atom. The van der Waals surface area contributed by atoms with Gasteiger partial charge in [-0.1, -0.05) is 36.4 Å². The molecule has 0 aliphatic carbocycles. The molecular weight excluding hydrogens is 648 g/mol. The molecular formula is C32H35BrN4O8. The number of halogens is 1. The summed E-state index contributed by atoms with van der Waals surface area (Å²) < 4.78 is 28.7. The van der Waals surface area contributed by atoms with Gasteiger partial charge in [0.15, 0.2) is 29.2 Å². The van der Waals surface area contributed by atoms with Crippen LogP contribution in [0.1, 0.15) is 36.6 Å². The Morgan fingerprint density at radius 3 is 2.56 bits per heavy atom. The first-order chi connectivity index (χ1) is 21.7. The fraction of sp³-hybridized carbons (Fsp3) is 0.281. The van der Waals surface area contributed by atoms with E-state index in [9.17, 15) is 14.7 Å². The number of nitrogens with zero attached hydrogens (tertiary/aromatic N) is 1. The molecule has 1 heterocycles. The van der Waals surface area contributed by atoms with Crippen LogP contribution in [0.15, 0.2) is 81.5 Å². The number of methoxy groups -OCH3 is 2. The van der Waals surface area contributed by atoms with Crippen LogP contribution in [-0.4, -0.2) is 57.0 Å². The molecule has 45 heavy (non-hydrogen) atoms. The highest BCUT2D eigenvalue weighted by atomic mass is 79.9. The lowest BCUT2D eigenvalue weighted by Gasteiger charge is -2.28. The van der Waals surface area contributed by atoms with Crippen molar-refractivity contribution in [2.24, 2.45) is 5.10 Å². The average molecular weight is 684 g/mol. The highest BCUT2D eigenvalue weighted by molar-refractivity contribution is 9.10. The van der Waals surface area contributed by atoms with Crippen molar-refractivity contribution in [1.82, 2.24) is 16.1 Å². The Balaban J connectivity index is 1.39. The van der Waals surface area contributed by atoms with E-state index in [-0.39, 0.29) is 12.2 Å². The largest absolute Gasteiger partial charge is 0.493 e. The molecule has 2 amide bonds. The number of allylic oxidation sites excluding steroid dienone is 1. The minimum absolute atomic E-state index is 0.160. The number of nitrogens with one attached hydrogen (secondary N) is 3. The van der Waals surface area contributed by atoms with Crippen molar-refractivity contribution in [3.63, 3.8) is 0 Å². The molecule has 4 N–H and O–H groups in total. The zero-order valence-electron chi connectivity index (χ0n) is 25.3. The van der Waals surface area contributed by atoms with E-state index < -0.39 is 24.3 Å². The molecule has 3 aromatic carbocycles. The smallest absolute Gasteiger partial charge is 0.337 e. The third kappa shape index (κ3) is 8.67. The van der Waals surface area contributed by atoms with Gasteiger partial charge in [0.2, 0.25) is 0 Å². The number of hydrogen-bond acceptors (Lipinski definition) is 10. The molecule has 238 valence electrons. The van der Waals surface area contributed by atoms with Crippen molar-refractivity contribution in [2.75, 3.05) is 27.4 Å². The maximum absolute atomic E-state index is 12.5. The lowest BCUT2D eigenvalue weighted by Crippen LogP contribution is -2.45. The second kappa shape index (κ2) is 15.8. The molecule has 0 aromatic heterocycles. The number of esters is 1. The van der Waals surface area contributed by atoms with Crippen molar-refractivity contribution in [1.29, 1.82) is 0 Å². The van der Waals surface area contributed by atoms with Crippen molar-refractivity contribution in [2.45, 2.75) is 32.7 Å². The van der Waals surface area contributed by atoms with Crippen molar-refractivity contribution in [3.05, 3.63) is 93.1 Å². The molecule has 12 nitrogen and oxygen atoms in total. The zero-order chi connectivity index (χ0) is 32.3. The second-order valence-corrected chi connectivity index (χ2v) is 10.6. The molecule has 0 saturated carbocycles. The summed E-state index contributed by atoms with van der Waals surface area (Å²) in [6, 6.07) is 17.2. The zero-order valence-corrected chi connectivity index (χ0v) is 26.8. The molecule has 4 rings (SSSR count). The number of carbonyl (C=O) groups excluding carboxylic acids is 2. The highest BCUT2D eigenvalue weighted by Gasteiger charge is 2.32. The van der Waals surface area contributed by atoms with Crippen molar-refractivity contribution < 1.29 is 38.4 Å². The van der Waals surface area contributed by atoms with Gasteiger partial charge >= 0.3 is 12.0 Å². The normalized spacial score (nSPS) is 15.2. The minimum atomic E-state index is -1.16. The van der Waals surface area contributed by atoms with Crippen LogP contribution >= 0.6 is 15.9 Å². The first-order valence-corrected chi connectivity index (χ1v) is 14.8. The van der Waals surface area contributed by atoms with Crippen LogP contribution < -0.4 is 35.0 Å². The molecule has 0 fully saturated rings. The Morgan fingerprint density at radius 1 is 1.07 bits per heavy atom. The standard InChI is InChI=1S/C32H35BrN4O8/c1-5-43-25-15-22(29-28(31(39)42-4)19(2)35-32(40)36-29)11-12-24(25)44-18-27(38)37-34-16-21-13-23(33)30(26(14-21)41-3)45-17-20-9-7-6-8-10-20/h6-16,27,29,37-38H,5,17-18H2,1-4H3,(H2,35,36,40)/b34-16-/t27-,29-/m0/s1. The predicted molar refractivity (Wildman–Crippen MR) is 170 cm³/mol. The van der Waals surface area contributed by atoms with E-state index in [1.807, 2.05) is 43.3 Å². The molecule has 0 radical (unpaired) electrons. The molecule has 2 atom stereocenters. The monoisotopic (exact) mass is 682 g/mol. The number of aliphatic hydroxyl groups excluding tert-OH is 1. The lowest BCUT2D eigenvalue weighted by atomic mass is 9.95. The van der Waals surface area contributed by atoms with Gasteiger partial charge in [-0.05, 0) is 70.7 Å². The second-order valence-electron chi connectivity index (χ2n) is 9.72. The quantitative estimate of drug-likeness (QED) is 0.0831. The molecule has 0 unspecified atom stereocenters. The van der Waals surface area contributed by atoms with E-state index in [4.69, 9.17) is 23.7 Å². The topological polar surface area (TPSA) is 149 Å². The third-order valence-corrected chi connectivity index (χ3v) is 7.18. The average Bonchev–Trinajstić information content (AvgIpc) is 3.03. The number of amides is 2. The summed E-state index contributed by atoms with van der Waals surface area (Å²) in [5, 5.41) is 19.9. The van der Waals surface area contributed by atoms with Gasteiger partial charge in [-0.2, -0.15) is 5.10 Å². The van der Waals surface area contributed by atoms with Gasteiger partial charge in [-0.25, -0.2) is 9.59 Å². The summed E-state index contributed by atoms with van der Waals surface area (Å²) in [5.74, 6) is 1.23. The number of rotatable bonds is 14. The molecule has 3 aromatic rings. The number of hydrazone groups is 1. The lowest BCUT2D eigenvalue weighted by molar-refractivity contribution is -0.136. The number of aliphatic hydroxyl groups is 1. The summed E-state index contributed by atoms with van der Waals surface area (Å²) in [6.45, 7) is 3.99. The summed E-state index contributed by atoms with van der Waals surface area (Å²) in [5.41, 5.74) is 5.59. The van der Waals surface area contributed by atoms with E-state index in [1.54, 1.807) is 38.3 Å². The van der Waals surface area contributed by atoms with Gasteiger partial charge in [0.05, 0.1) is 43.1 Å². The minimum Gasteiger partial charge on any atom is -0.493 e. The molecule has 13 heteroatoms.